The van der Waals surface area contributed by atoms with Crippen molar-refractivity contribution in [1.82, 2.24) is 4.98 Å². The summed E-state index contributed by atoms with van der Waals surface area (Å²) in [6.45, 7) is 0. The number of ketones is 1. The van der Waals surface area contributed by atoms with Crippen molar-refractivity contribution >= 4 is 29.0 Å². The lowest BCUT2D eigenvalue weighted by molar-refractivity contribution is 0.103. The Morgan fingerprint density at radius 3 is 2.67 bits per heavy atom. The summed E-state index contributed by atoms with van der Waals surface area (Å²) in [5.74, 6) is 0.113. The van der Waals surface area contributed by atoms with Gasteiger partial charge in [0, 0.05) is 16.7 Å². The summed E-state index contributed by atoms with van der Waals surface area (Å²) in [6.07, 6.45) is 0. The highest BCUT2D eigenvalue weighted by Crippen LogP contribution is 2.23. The van der Waals surface area contributed by atoms with E-state index in [0.29, 0.717) is 21.5 Å². The molecule has 0 bridgehead atoms. The molecule has 0 spiro atoms. The maximum atomic E-state index is 12.2. The third kappa shape index (κ3) is 2.63. The maximum absolute atomic E-state index is 12.2. The van der Waals surface area contributed by atoms with E-state index in [1.54, 1.807) is 30.3 Å². The average molecular weight is 282 g/mol. The van der Waals surface area contributed by atoms with Gasteiger partial charge >= 0.3 is 0 Å². The number of ether oxygens (including phenoxy) is 1. The minimum absolute atomic E-state index is 0.268. The van der Waals surface area contributed by atoms with Crippen LogP contribution in [0.1, 0.15) is 16.1 Å². The molecule has 1 aromatic heterocycles. The van der Waals surface area contributed by atoms with Crippen molar-refractivity contribution in [3.05, 3.63) is 57.7 Å². The molecule has 0 fully saturated rings. The molecule has 0 aliphatic heterocycles. The van der Waals surface area contributed by atoms with Gasteiger partial charge in [0.2, 0.25) is 11.7 Å². The Balaban J connectivity index is 2.41. The van der Waals surface area contributed by atoms with E-state index in [0.717, 1.165) is 0 Å². The van der Waals surface area contributed by atoms with Crippen molar-refractivity contribution in [3.63, 3.8) is 0 Å². The van der Waals surface area contributed by atoms with E-state index in [4.69, 9.17) is 27.9 Å². The van der Waals surface area contributed by atoms with Crippen LogP contribution >= 0.6 is 23.2 Å². The molecule has 0 atom stereocenters. The number of carbonyl (C=O) groups excluding carboxylic acids is 1. The lowest BCUT2D eigenvalue weighted by atomic mass is 10.1. The Hall–Kier alpha value is -1.58. The minimum Gasteiger partial charge on any atom is -0.481 e. The van der Waals surface area contributed by atoms with Gasteiger partial charge in [0.25, 0.3) is 0 Å². The van der Waals surface area contributed by atoms with Gasteiger partial charge in [-0.15, -0.1) is 0 Å². The quantitative estimate of drug-likeness (QED) is 0.807. The van der Waals surface area contributed by atoms with Crippen LogP contribution in [0.4, 0.5) is 0 Å². The summed E-state index contributed by atoms with van der Waals surface area (Å²) in [6, 6.07) is 9.68. The van der Waals surface area contributed by atoms with Gasteiger partial charge < -0.3 is 4.74 Å². The van der Waals surface area contributed by atoms with Gasteiger partial charge in [-0.05, 0) is 24.3 Å². The number of hydrogen-bond donors (Lipinski definition) is 0. The standard InChI is InChI=1S/C13H9Cl2NO2/c1-18-12-4-2-3-11(16-12)13(17)9-6-5-8(14)7-10(9)15/h2-7H,1H3. The van der Waals surface area contributed by atoms with Crippen LogP contribution in [0.25, 0.3) is 0 Å². The second-order valence-corrected chi connectivity index (χ2v) is 4.36. The molecule has 1 aromatic carbocycles. The van der Waals surface area contributed by atoms with Crippen molar-refractivity contribution in [2.45, 2.75) is 0 Å². The fraction of sp³-hybridized carbons (Fsp3) is 0.0769. The Bertz CT molecular complexity index is 599. The SMILES string of the molecule is COc1cccc(C(=O)c2ccc(Cl)cc2Cl)n1. The van der Waals surface area contributed by atoms with Gasteiger partial charge in [-0.3, -0.25) is 4.79 Å². The van der Waals surface area contributed by atoms with Crippen molar-refractivity contribution in [2.75, 3.05) is 7.11 Å². The molecule has 2 aromatic rings. The first kappa shape index (κ1) is 12.9. The largest absolute Gasteiger partial charge is 0.481 e. The molecule has 0 amide bonds. The number of benzene rings is 1. The summed E-state index contributed by atoms with van der Waals surface area (Å²) in [7, 11) is 1.49. The van der Waals surface area contributed by atoms with Crippen molar-refractivity contribution < 1.29 is 9.53 Å². The summed E-state index contributed by atoms with van der Waals surface area (Å²) in [4.78, 5) is 16.3. The van der Waals surface area contributed by atoms with E-state index in [1.807, 2.05) is 0 Å². The van der Waals surface area contributed by atoms with Crippen LogP contribution in [0.15, 0.2) is 36.4 Å². The molecule has 92 valence electrons. The first-order valence-electron chi connectivity index (χ1n) is 5.12. The molecule has 0 N–H and O–H groups in total. The third-order valence-electron chi connectivity index (χ3n) is 2.34. The van der Waals surface area contributed by atoms with Gasteiger partial charge in [-0.1, -0.05) is 29.3 Å². The van der Waals surface area contributed by atoms with Gasteiger partial charge in [-0.25, -0.2) is 4.98 Å². The second kappa shape index (κ2) is 5.38. The Morgan fingerprint density at radius 1 is 1.22 bits per heavy atom. The molecule has 18 heavy (non-hydrogen) atoms. The van der Waals surface area contributed by atoms with Crippen molar-refractivity contribution in [2.24, 2.45) is 0 Å². The molecule has 3 nitrogen and oxygen atoms in total. The van der Waals surface area contributed by atoms with Gasteiger partial charge in [-0.2, -0.15) is 0 Å². The number of rotatable bonds is 3. The van der Waals surface area contributed by atoms with E-state index in [2.05, 4.69) is 4.98 Å². The highest BCUT2D eigenvalue weighted by atomic mass is 35.5. The van der Waals surface area contributed by atoms with E-state index < -0.39 is 0 Å². The summed E-state index contributed by atoms with van der Waals surface area (Å²) < 4.78 is 4.97. The Labute approximate surface area is 114 Å². The molecule has 0 saturated carbocycles. The van der Waals surface area contributed by atoms with Crippen LogP contribution in [-0.4, -0.2) is 17.9 Å². The van der Waals surface area contributed by atoms with Crippen molar-refractivity contribution in [3.8, 4) is 5.88 Å². The number of methoxy groups -OCH3 is 1. The average Bonchev–Trinajstić information content (AvgIpc) is 2.38. The minimum atomic E-state index is -0.268. The third-order valence-corrected chi connectivity index (χ3v) is 2.89. The predicted molar refractivity (Wildman–Crippen MR) is 70.7 cm³/mol. The first-order chi connectivity index (χ1) is 8.61. The molecule has 2 rings (SSSR count). The second-order valence-electron chi connectivity index (χ2n) is 3.52. The normalized spacial score (nSPS) is 10.2. The zero-order valence-electron chi connectivity index (χ0n) is 9.48. The predicted octanol–water partition coefficient (Wildman–Crippen LogP) is 3.63. The fourth-order valence-corrected chi connectivity index (χ4v) is 1.96. The van der Waals surface area contributed by atoms with E-state index >= 15 is 0 Å². The number of nitrogens with zero attached hydrogens (tertiary/aromatic N) is 1. The molecule has 0 saturated heterocycles. The Kier molecular flexibility index (Phi) is 3.84. The van der Waals surface area contributed by atoms with Crippen LogP contribution in [-0.2, 0) is 0 Å². The highest BCUT2D eigenvalue weighted by molar-refractivity contribution is 6.37. The van der Waals surface area contributed by atoms with Crippen LogP contribution in [0.5, 0.6) is 5.88 Å². The number of carbonyl (C=O) groups is 1. The van der Waals surface area contributed by atoms with E-state index in [1.165, 1.54) is 13.2 Å². The van der Waals surface area contributed by atoms with Gasteiger partial charge in [0.05, 0.1) is 12.1 Å². The number of aromatic nitrogens is 1. The monoisotopic (exact) mass is 281 g/mol. The summed E-state index contributed by atoms with van der Waals surface area (Å²) in [5.41, 5.74) is 0.639. The van der Waals surface area contributed by atoms with Gasteiger partial charge in [0.1, 0.15) is 5.69 Å². The zero-order chi connectivity index (χ0) is 13.1. The number of pyridine rings is 1. The number of hydrogen-bond acceptors (Lipinski definition) is 3. The Morgan fingerprint density at radius 2 is 2.00 bits per heavy atom. The number of halogens is 2. The first-order valence-corrected chi connectivity index (χ1v) is 5.88. The summed E-state index contributed by atoms with van der Waals surface area (Å²) >= 11 is 11.8. The highest BCUT2D eigenvalue weighted by Gasteiger charge is 2.14. The molecule has 0 aliphatic rings. The maximum Gasteiger partial charge on any atom is 0.213 e. The molecule has 0 aliphatic carbocycles. The van der Waals surface area contributed by atoms with Crippen LogP contribution in [0, 0.1) is 0 Å². The van der Waals surface area contributed by atoms with Gasteiger partial charge in [0.15, 0.2) is 0 Å². The molecule has 0 radical (unpaired) electrons. The lowest BCUT2D eigenvalue weighted by Gasteiger charge is -2.05. The molecular weight excluding hydrogens is 273 g/mol. The van der Waals surface area contributed by atoms with E-state index in [-0.39, 0.29) is 11.5 Å². The van der Waals surface area contributed by atoms with Crippen LogP contribution in [0.2, 0.25) is 10.0 Å². The smallest absolute Gasteiger partial charge is 0.213 e. The topological polar surface area (TPSA) is 39.2 Å². The summed E-state index contributed by atoms with van der Waals surface area (Å²) in [5, 5.41) is 0.785. The molecule has 1 heterocycles. The van der Waals surface area contributed by atoms with Crippen LogP contribution < -0.4 is 4.74 Å². The molecular formula is C13H9Cl2NO2. The lowest BCUT2D eigenvalue weighted by Crippen LogP contribution is -2.05. The zero-order valence-corrected chi connectivity index (χ0v) is 11.0. The molecule has 5 heteroatoms. The van der Waals surface area contributed by atoms with Crippen LogP contribution in [0.3, 0.4) is 0 Å². The molecule has 0 unspecified atom stereocenters. The van der Waals surface area contributed by atoms with Crippen molar-refractivity contribution in [1.29, 1.82) is 0 Å². The van der Waals surface area contributed by atoms with E-state index in [9.17, 15) is 4.79 Å². The fourth-order valence-electron chi connectivity index (χ4n) is 1.47.